The highest BCUT2D eigenvalue weighted by Crippen LogP contribution is 2.50. The number of aliphatic hydroxyl groups is 2. The maximum Gasteiger partial charge on any atom is 0.315 e. The number of aryl methyl sites for hydroxylation is 1. The van der Waals surface area contributed by atoms with E-state index >= 15 is 4.79 Å². The molecule has 3 aromatic carbocycles. The molecule has 1 saturated heterocycles. The first-order valence-electron chi connectivity index (χ1n) is 27.3. The van der Waals surface area contributed by atoms with Crippen LogP contribution in [-0.2, 0) is 35.0 Å². The van der Waals surface area contributed by atoms with Crippen LogP contribution in [0.15, 0.2) is 64.1 Å². The van der Waals surface area contributed by atoms with Crippen molar-refractivity contribution >= 4 is 40.0 Å². The second kappa shape index (κ2) is 24.3. The minimum atomic E-state index is -2.03. The van der Waals surface area contributed by atoms with Gasteiger partial charge in [-0.25, -0.2) is 0 Å². The first-order valence-corrected chi connectivity index (χ1v) is 27.3. The number of aliphatic hydroxyl groups excluding tert-OH is 2. The standard InChI is InChI=1S/C59H81N5O12/c1-12-40(24-17-16-23-39-21-14-13-15-22-39)60-42(65)29-43(66)75-54-35(6)41(73-11)31-74-58(10)56(71)46-44-45(52(69)38(9)55(46)76-58)53(70)49(48-47(44)62-59(63-48)25-27-64(28-26-59)30-32(2)3)61-57(72)34(5)20-18-19-33(4)50(67)36(7)51(68)37(54)8/h13-15,18-22,32-33,35-37,40-41,50-51,54,67-70H,12,16-17,23-31H2,1-11H3,(H,60,65)(H,61,72)/b19-18+,34-20-/t33?,35-,36-,37-,40?,41+,50+,51?,54?,58?/m1/s1. The molecule has 3 aromatic rings. The van der Waals surface area contributed by atoms with Crippen LogP contribution in [0.3, 0.4) is 0 Å². The Morgan fingerprint density at radius 1 is 0.934 bits per heavy atom. The fraction of sp³-hybridized carbons (Fsp3) is 0.593. The molecule has 6 N–H and O–H groups in total. The van der Waals surface area contributed by atoms with Crippen LogP contribution in [0.2, 0.25) is 0 Å². The third-order valence-corrected chi connectivity index (χ3v) is 16.2. The molecule has 0 aromatic heterocycles. The molecule has 0 aliphatic carbocycles. The summed E-state index contributed by atoms with van der Waals surface area (Å²) in [6.45, 7) is 19.7. The molecule has 8 rings (SSSR count). The number of rotatable bonds is 13. The van der Waals surface area contributed by atoms with Gasteiger partial charge in [-0.2, -0.15) is 0 Å². The number of hydrogen-bond donors (Lipinski definition) is 6. The second-order valence-electron chi connectivity index (χ2n) is 22.4. The van der Waals surface area contributed by atoms with Gasteiger partial charge in [0.25, 0.3) is 11.7 Å². The zero-order chi connectivity index (χ0) is 55.4. The van der Waals surface area contributed by atoms with Crippen molar-refractivity contribution < 1.29 is 58.6 Å². The molecule has 5 aliphatic heterocycles. The van der Waals surface area contributed by atoms with Crippen molar-refractivity contribution in [1.82, 2.24) is 10.2 Å². The molecule has 5 bridgehead atoms. The minimum Gasteiger partial charge on any atom is -0.507 e. The van der Waals surface area contributed by atoms with Gasteiger partial charge in [0.2, 0.25) is 11.7 Å². The predicted octanol–water partition coefficient (Wildman–Crippen LogP) is 6.91. The summed E-state index contributed by atoms with van der Waals surface area (Å²) in [5.74, 6) is -7.95. The van der Waals surface area contributed by atoms with Crippen molar-refractivity contribution in [2.24, 2.45) is 39.6 Å². The van der Waals surface area contributed by atoms with Gasteiger partial charge in [-0.1, -0.05) is 103 Å². The summed E-state index contributed by atoms with van der Waals surface area (Å²) in [5.41, 5.74) is 0.556. The van der Waals surface area contributed by atoms with Crippen molar-refractivity contribution in [1.29, 1.82) is 0 Å². The zero-order valence-electron chi connectivity index (χ0n) is 46.3. The number of ether oxygens (including phenoxy) is 4. The van der Waals surface area contributed by atoms with Crippen LogP contribution < -0.4 is 26.1 Å². The maximum atomic E-state index is 15.1. The molecule has 17 nitrogen and oxygen atoms in total. The van der Waals surface area contributed by atoms with Gasteiger partial charge in [-0.05, 0) is 51.0 Å². The summed E-state index contributed by atoms with van der Waals surface area (Å²) in [6, 6.07) is 10.1. The molecular weight excluding hydrogens is 971 g/mol. The van der Waals surface area contributed by atoms with Crippen molar-refractivity contribution in [3.63, 3.8) is 0 Å². The predicted molar refractivity (Wildman–Crippen MR) is 289 cm³/mol. The van der Waals surface area contributed by atoms with E-state index in [0.29, 0.717) is 38.3 Å². The van der Waals surface area contributed by atoms with Gasteiger partial charge >= 0.3 is 5.97 Å². The van der Waals surface area contributed by atoms with E-state index in [1.54, 1.807) is 59.8 Å². The van der Waals surface area contributed by atoms with Gasteiger partial charge in [-0.3, -0.25) is 29.2 Å². The summed E-state index contributed by atoms with van der Waals surface area (Å²) in [5, 5.41) is 54.2. The number of nitrogens with one attached hydrogen (secondary N) is 2. The lowest BCUT2D eigenvalue weighted by Gasteiger charge is -2.39. The molecule has 10 atom stereocenters. The van der Waals surface area contributed by atoms with Gasteiger partial charge < -0.3 is 54.9 Å². The number of carbonyl (C=O) groups excluding carboxylic acids is 4. The molecule has 17 heteroatoms. The number of Topliss-reactive ketones (excluding diaryl/α,β-unsaturated/α-hetero) is 1. The third kappa shape index (κ3) is 12.3. The van der Waals surface area contributed by atoms with E-state index in [0.717, 1.165) is 32.2 Å². The van der Waals surface area contributed by atoms with Gasteiger partial charge in [0.1, 0.15) is 35.1 Å². The fourth-order valence-corrected chi connectivity index (χ4v) is 11.4. The van der Waals surface area contributed by atoms with Crippen molar-refractivity contribution in [2.45, 2.75) is 163 Å². The Morgan fingerprint density at radius 2 is 1.62 bits per heavy atom. The quantitative estimate of drug-likeness (QED) is 0.0442. The largest absolute Gasteiger partial charge is 0.507 e. The molecule has 2 amide bonds. The van der Waals surface area contributed by atoms with Crippen molar-refractivity contribution in [2.75, 3.05) is 38.7 Å². The fourth-order valence-electron chi connectivity index (χ4n) is 11.4. The van der Waals surface area contributed by atoms with Crippen molar-refractivity contribution in [3.8, 4) is 17.2 Å². The van der Waals surface area contributed by atoms with Gasteiger partial charge in [0, 0.05) is 92.7 Å². The summed E-state index contributed by atoms with van der Waals surface area (Å²) >= 11 is 0. The minimum absolute atomic E-state index is 0.00748. The number of allylic oxidation sites excluding steroid dienone is 2. The van der Waals surface area contributed by atoms with E-state index in [1.165, 1.54) is 19.6 Å². The third-order valence-electron chi connectivity index (χ3n) is 16.2. The van der Waals surface area contributed by atoms with E-state index in [1.807, 2.05) is 25.1 Å². The number of hydrogen-bond acceptors (Lipinski definition) is 15. The van der Waals surface area contributed by atoms with E-state index in [4.69, 9.17) is 28.9 Å². The highest BCUT2D eigenvalue weighted by molar-refractivity contribution is 6.19. The van der Waals surface area contributed by atoms with Crippen LogP contribution in [0.1, 0.15) is 129 Å². The van der Waals surface area contributed by atoms with E-state index < -0.39 is 101 Å². The molecule has 5 unspecified atom stereocenters. The molecule has 0 radical (unpaired) electrons. The van der Waals surface area contributed by atoms with Crippen LogP contribution in [-0.4, -0.2) is 124 Å². The Hall–Kier alpha value is -5.72. The number of unbranched alkanes of at least 4 members (excludes halogenated alkanes) is 1. The lowest BCUT2D eigenvalue weighted by Crippen LogP contribution is -2.49. The highest BCUT2D eigenvalue weighted by atomic mass is 16.7. The number of benzene rings is 3. The summed E-state index contributed by atoms with van der Waals surface area (Å²) in [6.07, 6.45) is 5.12. The first-order chi connectivity index (χ1) is 36.0. The number of phenols is 2. The molecule has 1 spiro atoms. The Bertz CT molecular complexity index is 2830. The van der Waals surface area contributed by atoms with Gasteiger partial charge in [0.15, 0.2) is 11.4 Å². The number of likely N-dealkylation sites (tertiary alicyclic amines) is 1. The molecular formula is C59H81N5O12. The monoisotopic (exact) mass is 1050 g/mol. The molecule has 5 aliphatic rings. The number of piperidine rings is 1. The molecule has 1 fully saturated rings. The number of aromatic hydroxyl groups is 2. The van der Waals surface area contributed by atoms with Crippen LogP contribution in [0, 0.1) is 36.5 Å². The lowest BCUT2D eigenvalue weighted by molar-refractivity contribution is -0.179. The number of ketones is 1. The molecule has 414 valence electrons. The highest BCUT2D eigenvalue weighted by Gasteiger charge is 2.51. The first kappa shape index (κ1) is 58.0. The second-order valence-corrected chi connectivity index (χ2v) is 22.4. The number of carbonyl (C=O) groups is 4. The van der Waals surface area contributed by atoms with Gasteiger partial charge in [-0.15, -0.1) is 0 Å². The average Bonchev–Trinajstić information content (AvgIpc) is 4.08. The number of esters is 1. The number of anilines is 1. The molecule has 0 saturated carbocycles. The summed E-state index contributed by atoms with van der Waals surface area (Å²) in [7, 11) is 1.44. The lowest BCUT2D eigenvalue weighted by atomic mass is 9.78. The Labute approximate surface area is 446 Å². The van der Waals surface area contributed by atoms with Crippen LogP contribution in [0.4, 0.5) is 5.69 Å². The Balaban J connectivity index is 1.23. The normalized spacial score (nSPS) is 28.6. The number of methoxy groups -OCH3 is 1. The van der Waals surface area contributed by atoms with Crippen LogP contribution in [0.5, 0.6) is 17.2 Å². The smallest absolute Gasteiger partial charge is 0.315 e. The number of fused-ring (bicyclic) bond motifs is 13. The maximum absolute atomic E-state index is 15.1. The number of phenolic OH excluding ortho intramolecular Hbond substituents is 2. The number of nitrogens with zero attached hydrogens (tertiary/aromatic N) is 3. The average molecular weight is 1050 g/mol. The van der Waals surface area contributed by atoms with E-state index in [2.05, 4.69) is 41.5 Å². The summed E-state index contributed by atoms with van der Waals surface area (Å²) < 4.78 is 25.1. The SMILES string of the molecule is CCC(CCCCc1ccccc1)NC(=O)CC(=O)OC1[C@H](C)C(O)[C@H](C)[C@@H](O)C(C)/C=C/C=C(/C)C(=O)Nc2c(O)c3c(O)c(C)c4c(c3c3c2=NC2(CCN(CC(C)C)CC2)N=3)C(=O)C(C)(OC[C@H](OC)[C@H]1C)O4. The van der Waals surface area contributed by atoms with Gasteiger partial charge in [0.05, 0.1) is 41.2 Å². The van der Waals surface area contributed by atoms with Crippen molar-refractivity contribution in [3.05, 3.63) is 81.5 Å². The molecule has 5 heterocycles. The zero-order valence-corrected chi connectivity index (χ0v) is 46.3. The number of amides is 2. The Kier molecular flexibility index (Phi) is 18.5. The topological polar surface area (TPSA) is 238 Å². The van der Waals surface area contributed by atoms with Crippen LogP contribution >= 0.6 is 0 Å². The molecule has 76 heavy (non-hydrogen) atoms. The van der Waals surface area contributed by atoms with E-state index in [9.17, 15) is 34.8 Å². The summed E-state index contributed by atoms with van der Waals surface area (Å²) in [4.78, 5) is 69.2. The van der Waals surface area contributed by atoms with E-state index in [-0.39, 0.29) is 62.3 Å². The van der Waals surface area contributed by atoms with Crippen LogP contribution in [0.25, 0.3) is 10.8 Å². The Morgan fingerprint density at radius 3 is 2.28 bits per heavy atom.